The number of benzene rings is 2. The number of rotatable bonds is 5. The SMILES string of the molecule is CC(CO)Sc1nc(-c2ccc(Cl)cc2)c(-c2ccc(Cl)cc2)o1. The second-order valence-electron chi connectivity index (χ2n) is 5.28. The summed E-state index contributed by atoms with van der Waals surface area (Å²) in [5.74, 6) is 0.668. The predicted molar refractivity (Wildman–Crippen MR) is 99.8 cm³/mol. The first kappa shape index (κ1) is 17.4. The van der Waals surface area contributed by atoms with Crippen LogP contribution in [0.4, 0.5) is 0 Å². The van der Waals surface area contributed by atoms with Crippen molar-refractivity contribution >= 4 is 35.0 Å². The summed E-state index contributed by atoms with van der Waals surface area (Å²) in [6.45, 7) is 1.97. The lowest BCUT2D eigenvalue weighted by Crippen LogP contribution is -2.01. The Morgan fingerprint density at radius 1 is 1.00 bits per heavy atom. The van der Waals surface area contributed by atoms with E-state index in [1.807, 2.05) is 55.5 Å². The minimum absolute atomic E-state index is 0.000199. The first-order valence-electron chi connectivity index (χ1n) is 7.37. The van der Waals surface area contributed by atoms with Crippen molar-refractivity contribution in [1.82, 2.24) is 4.98 Å². The third-order valence-corrected chi connectivity index (χ3v) is 4.82. The lowest BCUT2D eigenvalue weighted by molar-refractivity contribution is 0.299. The summed E-state index contributed by atoms with van der Waals surface area (Å²) < 4.78 is 5.96. The lowest BCUT2D eigenvalue weighted by Gasteiger charge is -2.02. The first-order valence-corrected chi connectivity index (χ1v) is 9.00. The number of oxazole rings is 1. The van der Waals surface area contributed by atoms with Crippen LogP contribution in [0.3, 0.4) is 0 Å². The van der Waals surface area contributed by atoms with Gasteiger partial charge in [-0.1, -0.05) is 54.0 Å². The van der Waals surface area contributed by atoms with Crippen LogP contribution >= 0.6 is 35.0 Å². The van der Waals surface area contributed by atoms with E-state index in [1.54, 1.807) is 0 Å². The maximum Gasteiger partial charge on any atom is 0.257 e. The molecule has 0 aliphatic heterocycles. The molecule has 0 fully saturated rings. The maximum absolute atomic E-state index is 9.25. The number of hydrogen-bond donors (Lipinski definition) is 1. The highest BCUT2D eigenvalue weighted by molar-refractivity contribution is 7.99. The Kier molecular flexibility index (Phi) is 5.51. The minimum Gasteiger partial charge on any atom is -0.431 e. The van der Waals surface area contributed by atoms with Crippen LogP contribution in [0.15, 0.2) is 58.2 Å². The van der Waals surface area contributed by atoms with Crippen molar-refractivity contribution in [1.29, 1.82) is 0 Å². The summed E-state index contributed by atoms with van der Waals surface area (Å²) in [5, 5.41) is 11.1. The first-order chi connectivity index (χ1) is 11.6. The van der Waals surface area contributed by atoms with Gasteiger partial charge in [0.15, 0.2) is 5.76 Å². The molecule has 0 amide bonds. The smallest absolute Gasteiger partial charge is 0.257 e. The zero-order valence-corrected chi connectivity index (χ0v) is 15.2. The summed E-state index contributed by atoms with van der Waals surface area (Å²) in [7, 11) is 0. The molecule has 1 unspecified atom stereocenters. The van der Waals surface area contributed by atoms with Gasteiger partial charge in [-0.3, -0.25) is 0 Å². The van der Waals surface area contributed by atoms with Gasteiger partial charge in [0.1, 0.15) is 5.69 Å². The third-order valence-electron chi connectivity index (χ3n) is 3.39. The van der Waals surface area contributed by atoms with E-state index >= 15 is 0 Å². The molecule has 3 aromatic rings. The molecule has 0 aliphatic rings. The van der Waals surface area contributed by atoms with Gasteiger partial charge in [-0.25, -0.2) is 4.98 Å². The Labute approximate surface area is 154 Å². The Hall–Kier alpha value is -1.46. The third kappa shape index (κ3) is 3.95. The van der Waals surface area contributed by atoms with E-state index < -0.39 is 0 Å². The average Bonchev–Trinajstić information content (AvgIpc) is 2.99. The van der Waals surface area contributed by atoms with Crippen molar-refractivity contribution in [3.8, 4) is 22.6 Å². The summed E-state index contributed by atoms with van der Waals surface area (Å²) >= 11 is 13.3. The number of aromatic nitrogens is 1. The minimum atomic E-state index is -0.000199. The van der Waals surface area contributed by atoms with Gasteiger partial charge in [-0.15, -0.1) is 0 Å². The van der Waals surface area contributed by atoms with Crippen LogP contribution in [0, 0.1) is 0 Å². The van der Waals surface area contributed by atoms with Gasteiger partial charge in [-0.2, -0.15) is 0 Å². The zero-order chi connectivity index (χ0) is 17.1. The highest BCUT2D eigenvalue weighted by Crippen LogP contribution is 2.37. The standard InChI is InChI=1S/C18H15Cl2NO2S/c1-11(10-22)24-18-21-16(12-2-6-14(19)7-3-12)17(23-18)13-4-8-15(20)9-5-13/h2-9,11,22H,10H2,1H3. The van der Waals surface area contributed by atoms with Gasteiger partial charge in [0.25, 0.3) is 5.22 Å². The van der Waals surface area contributed by atoms with Crippen LogP contribution in [0.2, 0.25) is 10.0 Å². The number of aliphatic hydroxyl groups excluding tert-OH is 1. The second kappa shape index (κ2) is 7.62. The van der Waals surface area contributed by atoms with E-state index in [1.165, 1.54) is 11.8 Å². The van der Waals surface area contributed by atoms with Crippen LogP contribution in [0.25, 0.3) is 22.6 Å². The van der Waals surface area contributed by atoms with E-state index in [-0.39, 0.29) is 11.9 Å². The molecule has 0 saturated carbocycles. The van der Waals surface area contributed by atoms with Crippen molar-refractivity contribution in [2.75, 3.05) is 6.61 Å². The van der Waals surface area contributed by atoms with E-state index in [2.05, 4.69) is 4.98 Å². The van der Waals surface area contributed by atoms with Crippen molar-refractivity contribution in [2.45, 2.75) is 17.4 Å². The molecular formula is C18H15Cl2NO2S. The Morgan fingerprint density at radius 3 is 2.08 bits per heavy atom. The molecule has 3 rings (SSSR count). The fourth-order valence-corrected chi connectivity index (χ4v) is 3.11. The van der Waals surface area contributed by atoms with Crippen LogP contribution in [-0.2, 0) is 0 Å². The number of aliphatic hydroxyl groups is 1. The molecule has 0 spiro atoms. The predicted octanol–water partition coefficient (Wildman–Crippen LogP) is 5.79. The molecule has 0 radical (unpaired) electrons. The van der Waals surface area contributed by atoms with E-state index in [9.17, 15) is 5.11 Å². The van der Waals surface area contributed by atoms with Crippen LogP contribution in [0.5, 0.6) is 0 Å². The Balaban J connectivity index is 2.07. The average molecular weight is 380 g/mol. The van der Waals surface area contributed by atoms with Crippen LogP contribution < -0.4 is 0 Å². The Bertz CT molecular complexity index is 753. The molecule has 24 heavy (non-hydrogen) atoms. The molecule has 124 valence electrons. The monoisotopic (exact) mass is 379 g/mol. The van der Waals surface area contributed by atoms with Gasteiger partial charge < -0.3 is 9.52 Å². The quantitative estimate of drug-likeness (QED) is 0.569. The largest absolute Gasteiger partial charge is 0.431 e. The normalized spacial score (nSPS) is 12.3. The highest BCUT2D eigenvalue weighted by atomic mass is 35.5. The van der Waals surface area contributed by atoms with Gasteiger partial charge in [0, 0.05) is 26.4 Å². The highest BCUT2D eigenvalue weighted by Gasteiger charge is 2.18. The number of hydrogen-bond acceptors (Lipinski definition) is 4. The van der Waals surface area contributed by atoms with Crippen LogP contribution in [-0.4, -0.2) is 21.9 Å². The molecule has 1 heterocycles. The topological polar surface area (TPSA) is 46.3 Å². The van der Waals surface area contributed by atoms with Crippen molar-refractivity contribution in [3.05, 3.63) is 58.6 Å². The fraction of sp³-hybridized carbons (Fsp3) is 0.167. The number of nitrogens with zero attached hydrogens (tertiary/aromatic N) is 1. The van der Waals surface area contributed by atoms with Gasteiger partial charge in [-0.05, 0) is 36.4 Å². The van der Waals surface area contributed by atoms with E-state index in [0.717, 1.165) is 16.8 Å². The molecule has 3 nitrogen and oxygen atoms in total. The summed E-state index contributed by atoms with van der Waals surface area (Å²) in [4.78, 5) is 4.61. The molecule has 1 N–H and O–H groups in total. The molecule has 0 saturated heterocycles. The molecule has 0 bridgehead atoms. The fourth-order valence-electron chi connectivity index (χ4n) is 2.16. The van der Waals surface area contributed by atoms with Crippen LogP contribution in [0.1, 0.15) is 6.92 Å². The number of thioether (sulfide) groups is 1. The van der Waals surface area contributed by atoms with Crippen molar-refractivity contribution in [3.63, 3.8) is 0 Å². The van der Waals surface area contributed by atoms with Gasteiger partial charge in [0.2, 0.25) is 0 Å². The molecule has 2 aromatic carbocycles. The molecule has 1 atom stereocenters. The van der Waals surface area contributed by atoms with E-state index in [4.69, 9.17) is 27.6 Å². The second-order valence-corrected chi connectivity index (χ2v) is 7.54. The molecule has 6 heteroatoms. The number of halogens is 2. The van der Waals surface area contributed by atoms with E-state index in [0.29, 0.717) is 21.0 Å². The Morgan fingerprint density at radius 2 is 1.54 bits per heavy atom. The van der Waals surface area contributed by atoms with Crippen molar-refractivity contribution < 1.29 is 9.52 Å². The maximum atomic E-state index is 9.25. The zero-order valence-electron chi connectivity index (χ0n) is 12.9. The lowest BCUT2D eigenvalue weighted by atomic mass is 10.1. The summed E-state index contributed by atoms with van der Waals surface area (Å²) in [6.07, 6.45) is 0. The molecule has 1 aromatic heterocycles. The van der Waals surface area contributed by atoms with Gasteiger partial charge >= 0.3 is 0 Å². The summed E-state index contributed by atoms with van der Waals surface area (Å²) in [6, 6.07) is 14.9. The summed E-state index contributed by atoms with van der Waals surface area (Å²) in [5.41, 5.74) is 2.54. The molecular weight excluding hydrogens is 365 g/mol. The molecule has 0 aliphatic carbocycles. The van der Waals surface area contributed by atoms with Gasteiger partial charge in [0.05, 0.1) is 6.61 Å². The van der Waals surface area contributed by atoms with Crippen molar-refractivity contribution in [2.24, 2.45) is 0 Å².